The van der Waals surface area contributed by atoms with Gasteiger partial charge in [-0.3, -0.25) is 9.78 Å². The van der Waals surface area contributed by atoms with Crippen molar-refractivity contribution in [3.8, 4) is 0 Å². The topological polar surface area (TPSA) is 68.7 Å². The van der Waals surface area contributed by atoms with Gasteiger partial charge in [-0.25, -0.2) is 4.79 Å². The molecule has 6 nitrogen and oxygen atoms in total. The number of piperidine rings is 1. The number of methoxy groups -OCH3 is 1. The number of ether oxygens (including phenoxy) is 2. The second kappa shape index (κ2) is 6.81. The van der Waals surface area contributed by atoms with E-state index in [0.717, 1.165) is 25.9 Å². The average molecular weight is 372 g/mol. The minimum absolute atomic E-state index is 0.113. The molecule has 4 heterocycles. The number of hydrogen-bond acceptors (Lipinski definition) is 6. The molecule has 1 spiro atoms. The monoisotopic (exact) mass is 372 g/mol. The van der Waals surface area contributed by atoms with Gasteiger partial charge in [-0.05, 0) is 42.0 Å². The molecule has 0 saturated carbocycles. The van der Waals surface area contributed by atoms with Gasteiger partial charge in [0, 0.05) is 30.6 Å². The van der Waals surface area contributed by atoms with E-state index >= 15 is 0 Å². The first-order valence-electron chi connectivity index (χ1n) is 8.67. The van der Waals surface area contributed by atoms with Gasteiger partial charge < -0.3 is 14.4 Å². The largest absolute Gasteiger partial charge is 0.465 e. The summed E-state index contributed by atoms with van der Waals surface area (Å²) in [4.78, 5) is 31.6. The minimum atomic E-state index is -0.461. The molecule has 0 aliphatic carbocycles. The van der Waals surface area contributed by atoms with Crippen molar-refractivity contribution in [1.29, 1.82) is 0 Å². The molecule has 7 heteroatoms. The molecule has 2 aromatic heterocycles. The lowest BCUT2D eigenvalue weighted by atomic mass is 9.82. The lowest BCUT2D eigenvalue weighted by Gasteiger charge is -2.44. The van der Waals surface area contributed by atoms with Crippen LogP contribution in [0.5, 0.6) is 0 Å². The predicted molar refractivity (Wildman–Crippen MR) is 96.4 cm³/mol. The lowest BCUT2D eigenvalue weighted by Crippen LogP contribution is -2.48. The lowest BCUT2D eigenvalue weighted by molar-refractivity contribution is -0.0926. The van der Waals surface area contributed by atoms with E-state index in [0.29, 0.717) is 24.3 Å². The SMILES string of the molecule is COC(=O)c1ccc(C(=O)N2CCC3(CC2)OCCc2sccc23)nc1. The first-order chi connectivity index (χ1) is 12.6. The summed E-state index contributed by atoms with van der Waals surface area (Å²) in [6, 6.07) is 5.32. The number of carbonyl (C=O) groups is 2. The van der Waals surface area contributed by atoms with Crippen molar-refractivity contribution in [3.63, 3.8) is 0 Å². The Labute approximate surface area is 155 Å². The molecule has 2 aliphatic heterocycles. The number of thiophene rings is 1. The Bertz CT molecular complexity index is 822. The van der Waals surface area contributed by atoms with E-state index < -0.39 is 5.97 Å². The summed E-state index contributed by atoms with van der Waals surface area (Å²) in [5.74, 6) is -0.574. The molecular formula is C19H20N2O4S. The van der Waals surface area contributed by atoms with Crippen LogP contribution in [0.2, 0.25) is 0 Å². The third-order valence-electron chi connectivity index (χ3n) is 5.21. The third kappa shape index (κ3) is 2.91. The van der Waals surface area contributed by atoms with Gasteiger partial charge in [-0.2, -0.15) is 0 Å². The standard InChI is InChI=1S/C19H20N2O4S/c1-24-18(23)13-2-3-15(20-12-13)17(22)21-8-6-19(7-9-21)14-5-11-26-16(14)4-10-25-19/h2-3,5,11-12H,4,6-10H2,1H3. The summed E-state index contributed by atoms with van der Waals surface area (Å²) in [5.41, 5.74) is 1.74. The molecule has 4 rings (SSSR count). The smallest absolute Gasteiger partial charge is 0.339 e. The Hall–Kier alpha value is -2.25. The molecule has 0 bridgehead atoms. The number of likely N-dealkylation sites (tertiary alicyclic amines) is 1. The number of esters is 1. The predicted octanol–water partition coefficient (Wildman–Crippen LogP) is 2.63. The second-order valence-electron chi connectivity index (χ2n) is 6.57. The van der Waals surface area contributed by atoms with Crippen LogP contribution in [0.25, 0.3) is 0 Å². The van der Waals surface area contributed by atoms with Crippen LogP contribution in [0.4, 0.5) is 0 Å². The van der Waals surface area contributed by atoms with E-state index in [1.807, 2.05) is 4.90 Å². The van der Waals surface area contributed by atoms with Crippen LogP contribution in [0.15, 0.2) is 29.8 Å². The summed E-state index contributed by atoms with van der Waals surface area (Å²) < 4.78 is 10.8. The number of pyridine rings is 1. The third-order valence-corrected chi connectivity index (χ3v) is 6.19. The number of hydrogen-bond donors (Lipinski definition) is 0. The van der Waals surface area contributed by atoms with Gasteiger partial charge in [-0.1, -0.05) is 0 Å². The summed E-state index contributed by atoms with van der Waals surface area (Å²) in [7, 11) is 1.32. The van der Waals surface area contributed by atoms with Crippen LogP contribution in [-0.2, 0) is 21.5 Å². The van der Waals surface area contributed by atoms with Gasteiger partial charge in [0.1, 0.15) is 5.69 Å². The van der Waals surface area contributed by atoms with Crippen molar-refractivity contribution in [2.45, 2.75) is 24.9 Å². The summed E-state index contributed by atoms with van der Waals surface area (Å²) in [5, 5.41) is 2.13. The highest BCUT2D eigenvalue weighted by Crippen LogP contribution is 2.43. The van der Waals surface area contributed by atoms with Crippen molar-refractivity contribution in [1.82, 2.24) is 9.88 Å². The van der Waals surface area contributed by atoms with Crippen molar-refractivity contribution < 1.29 is 19.1 Å². The molecule has 136 valence electrons. The molecule has 26 heavy (non-hydrogen) atoms. The highest BCUT2D eigenvalue weighted by atomic mass is 32.1. The van der Waals surface area contributed by atoms with E-state index in [1.54, 1.807) is 23.5 Å². The first kappa shape index (κ1) is 17.2. The number of amides is 1. The zero-order chi connectivity index (χ0) is 18.1. The molecular weight excluding hydrogens is 352 g/mol. The van der Waals surface area contributed by atoms with Crippen LogP contribution in [0.3, 0.4) is 0 Å². The van der Waals surface area contributed by atoms with Crippen LogP contribution in [0.1, 0.15) is 44.1 Å². The van der Waals surface area contributed by atoms with E-state index in [1.165, 1.54) is 23.7 Å². The normalized spacial score (nSPS) is 18.4. The van der Waals surface area contributed by atoms with Gasteiger partial charge in [0.15, 0.2) is 0 Å². The fourth-order valence-electron chi connectivity index (χ4n) is 3.76. The van der Waals surface area contributed by atoms with E-state index in [9.17, 15) is 9.59 Å². The van der Waals surface area contributed by atoms with E-state index in [4.69, 9.17) is 4.74 Å². The van der Waals surface area contributed by atoms with Gasteiger partial charge in [0.25, 0.3) is 5.91 Å². The Kier molecular flexibility index (Phi) is 4.50. The highest BCUT2D eigenvalue weighted by molar-refractivity contribution is 7.10. The van der Waals surface area contributed by atoms with Gasteiger partial charge in [0.05, 0.1) is 24.9 Å². The molecule has 0 atom stereocenters. The zero-order valence-electron chi connectivity index (χ0n) is 14.6. The zero-order valence-corrected chi connectivity index (χ0v) is 15.4. The quantitative estimate of drug-likeness (QED) is 0.758. The van der Waals surface area contributed by atoms with E-state index in [-0.39, 0.29) is 11.5 Å². The molecule has 1 amide bonds. The minimum Gasteiger partial charge on any atom is -0.465 e. The Morgan fingerprint density at radius 1 is 1.27 bits per heavy atom. The number of nitrogens with zero attached hydrogens (tertiary/aromatic N) is 2. The molecule has 1 saturated heterocycles. The number of rotatable bonds is 2. The highest BCUT2D eigenvalue weighted by Gasteiger charge is 2.42. The number of carbonyl (C=O) groups excluding carboxylic acids is 2. The summed E-state index contributed by atoms with van der Waals surface area (Å²) in [6.45, 7) is 2.01. The molecule has 2 aliphatic rings. The Morgan fingerprint density at radius 2 is 2.08 bits per heavy atom. The van der Waals surface area contributed by atoms with Gasteiger partial charge in [0.2, 0.25) is 0 Å². The molecule has 0 radical (unpaired) electrons. The van der Waals surface area contributed by atoms with Gasteiger partial charge >= 0.3 is 5.97 Å². The fourth-order valence-corrected chi connectivity index (χ4v) is 4.71. The molecule has 2 aromatic rings. The first-order valence-corrected chi connectivity index (χ1v) is 9.55. The molecule has 0 N–H and O–H groups in total. The summed E-state index contributed by atoms with van der Waals surface area (Å²) in [6.07, 6.45) is 3.95. The fraction of sp³-hybridized carbons (Fsp3) is 0.421. The molecule has 0 unspecified atom stereocenters. The van der Waals surface area contributed by atoms with Crippen LogP contribution in [-0.4, -0.2) is 48.6 Å². The number of aromatic nitrogens is 1. The van der Waals surface area contributed by atoms with Crippen LogP contribution in [0, 0.1) is 0 Å². The molecule has 1 fully saturated rings. The maximum Gasteiger partial charge on any atom is 0.339 e. The van der Waals surface area contributed by atoms with Crippen molar-refractivity contribution in [2.75, 3.05) is 26.8 Å². The van der Waals surface area contributed by atoms with Crippen LogP contribution < -0.4 is 0 Å². The van der Waals surface area contributed by atoms with E-state index in [2.05, 4.69) is 21.2 Å². The van der Waals surface area contributed by atoms with Gasteiger partial charge in [-0.15, -0.1) is 11.3 Å². The van der Waals surface area contributed by atoms with Crippen LogP contribution >= 0.6 is 11.3 Å². The second-order valence-corrected chi connectivity index (χ2v) is 7.57. The van der Waals surface area contributed by atoms with Crippen molar-refractivity contribution in [2.24, 2.45) is 0 Å². The maximum atomic E-state index is 12.7. The average Bonchev–Trinajstić information content (AvgIpc) is 3.18. The van der Waals surface area contributed by atoms with Crippen molar-refractivity contribution in [3.05, 3.63) is 51.5 Å². The molecule has 0 aromatic carbocycles. The Morgan fingerprint density at radius 3 is 2.77 bits per heavy atom. The Balaban J connectivity index is 1.45. The van der Waals surface area contributed by atoms with Crippen molar-refractivity contribution >= 4 is 23.2 Å². The maximum absolute atomic E-state index is 12.7. The number of fused-ring (bicyclic) bond motifs is 2. The summed E-state index contributed by atoms with van der Waals surface area (Å²) >= 11 is 1.79.